The van der Waals surface area contributed by atoms with E-state index in [9.17, 15) is 14.3 Å². The molecular formula is C13H16FN3O3. The van der Waals surface area contributed by atoms with E-state index in [1.165, 1.54) is 12.1 Å². The van der Waals surface area contributed by atoms with E-state index in [1.807, 2.05) is 0 Å². The lowest BCUT2D eigenvalue weighted by Crippen LogP contribution is -2.42. The maximum atomic E-state index is 13.6. The van der Waals surface area contributed by atoms with Crippen LogP contribution in [0.5, 0.6) is 5.75 Å². The second-order valence-electron chi connectivity index (χ2n) is 4.78. The number of halogens is 1. The lowest BCUT2D eigenvalue weighted by Gasteiger charge is -2.20. The van der Waals surface area contributed by atoms with E-state index >= 15 is 0 Å². The van der Waals surface area contributed by atoms with Crippen LogP contribution in [-0.2, 0) is 0 Å². The first-order valence-corrected chi connectivity index (χ1v) is 6.30. The highest BCUT2D eigenvalue weighted by molar-refractivity contribution is 5.97. The molecule has 0 saturated heterocycles. The third-order valence-electron chi connectivity index (χ3n) is 3.55. The number of carbonyl (C=O) groups is 1. The van der Waals surface area contributed by atoms with Gasteiger partial charge in [0.15, 0.2) is 0 Å². The smallest absolute Gasteiger partial charge is 0.258 e. The third-order valence-corrected chi connectivity index (χ3v) is 3.55. The Kier molecular flexibility index (Phi) is 4.07. The third kappa shape index (κ3) is 2.66. The summed E-state index contributed by atoms with van der Waals surface area (Å²) in [7, 11) is 0. The lowest BCUT2D eigenvalue weighted by atomic mass is 10.0. The molecule has 5 N–H and O–H groups in total. The zero-order valence-corrected chi connectivity index (χ0v) is 10.7. The first-order chi connectivity index (χ1) is 9.54. The van der Waals surface area contributed by atoms with Gasteiger partial charge in [0.1, 0.15) is 23.0 Å². The Labute approximate surface area is 115 Å². The van der Waals surface area contributed by atoms with Crippen molar-refractivity contribution in [3.05, 3.63) is 29.6 Å². The molecule has 1 aliphatic carbocycles. The predicted molar refractivity (Wildman–Crippen MR) is 70.1 cm³/mol. The summed E-state index contributed by atoms with van der Waals surface area (Å²) in [5.74, 6) is -2.15. The summed E-state index contributed by atoms with van der Waals surface area (Å²) in [6.07, 6.45) is 2.15. The molecule has 1 fully saturated rings. The van der Waals surface area contributed by atoms with Crippen LogP contribution in [0.15, 0.2) is 23.4 Å². The molecule has 7 heteroatoms. The molecule has 0 bridgehead atoms. The van der Waals surface area contributed by atoms with Crippen molar-refractivity contribution in [1.82, 2.24) is 5.32 Å². The van der Waals surface area contributed by atoms with Gasteiger partial charge in [-0.05, 0) is 25.0 Å². The molecule has 1 amide bonds. The lowest BCUT2D eigenvalue weighted by molar-refractivity contribution is 0.0926. The topological polar surface area (TPSA) is 108 Å². The van der Waals surface area contributed by atoms with Gasteiger partial charge in [0.2, 0.25) is 0 Å². The number of phenolic OH excluding ortho intramolecular Hbond substituents is 1. The van der Waals surface area contributed by atoms with Crippen LogP contribution in [0.25, 0.3) is 0 Å². The van der Waals surface area contributed by atoms with Gasteiger partial charge in [-0.2, -0.15) is 0 Å². The molecule has 108 valence electrons. The number of benzene rings is 1. The normalized spacial score (nSPS) is 22.8. The minimum atomic E-state index is -0.791. The molecule has 2 atom stereocenters. The fraction of sp³-hybridized carbons (Fsp3) is 0.385. The van der Waals surface area contributed by atoms with Crippen LogP contribution >= 0.6 is 0 Å². The number of nitrogens with zero attached hydrogens (tertiary/aromatic N) is 1. The maximum Gasteiger partial charge on any atom is 0.258 e. The quantitative estimate of drug-likeness (QED) is 0.289. The number of amidine groups is 1. The number of amides is 1. The highest BCUT2D eigenvalue weighted by atomic mass is 19.1. The Hall–Kier alpha value is -2.31. The molecule has 2 unspecified atom stereocenters. The van der Waals surface area contributed by atoms with E-state index in [4.69, 9.17) is 10.9 Å². The average Bonchev–Trinajstić information content (AvgIpc) is 2.85. The summed E-state index contributed by atoms with van der Waals surface area (Å²) < 4.78 is 13.6. The molecule has 1 aromatic carbocycles. The zero-order chi connectivity index (χ0) is 14.7. The summed E-state index contributed by atoms with van der Waals surface area (Å²) in [6.45, 7) is 0. The van der Waals surface area contributed by atoms with E-state index < -0.39 is 23.0 Å². The second kappa shape index (κ2) is 5.77. The predicted octanol–water partition coefficient (Wildman–Crippen LogP) is 1.18. The summed E-state index contributed by atoms with van der Waals surface area (Å²) in [6, 6.07) is 3.33. The van der Waals surface area contributed by atoms with Gasteiger partial charge in [-0.1, -0.05) is 17.6 Å². The van der Waals surface area contributed by atoms with Gasteiger partial charge in [-0.15, -0.1) is 0 Å². The van der Waals surface area contributed by atoms with Gasteiger partial charge >= 0.3 is 0 Å². The maximum absolute atomic E-state index is 13.6. The summed E-state index contributed by atoms with van der Waals surface area (Å²) in [5.41, 5.74) is 5.18. The molecule has 0 aromatic heterocycles. The van der Waals surface area contributed by atoms with Crippen LogP contribution in [0.1, 0.15) is 29.6 Å². The minimum Gasteiger partial charge on any atom is -0.507 e. The first-order valence-electron chi connectivity index (χ1n) is 6.30. The Morgan fingerprint density at radius 3 is 2.85 bits per heavy atom. The van der Waals surface area contributed by atoms with Crippen molar-refractivity contribution >= 4 is 11.7 Å². The second-order valence-corrected chi connectivity index (χ2v) is 4.78. The van der Waals surface area contributed by atoms with Crippen molar-refractivity contribution in [2.45, 2.75) is 25.3 Å². The van der Waals surface area contributed by atoms with Crippen molar-refractivity contribution in [2.75, 3.05) is 0 Å². The van der Waals surface area contributed by atoms with Crippen molar-refractivity contribution in [3.8, 4) is 5.75 Å². The van der Waals surface area contributed by atoms with Crippen molar-refractivity contribution in [2.24, 2.45) is 16.8 Å². The number of carbonyl (C=O) groups excluding carboxylic acids is 1. The van der Waals surface area contributed by atoms with Crippen LogP contribution in [0, 0.1) is 11.7 Å². The molecular weight excluding hydrogens is 265 g/mol. The van der Waals surface area contributed by atoms with Crippen LogP contribution in [0.3, 0.4) is 0 Å². The van der Waals surface area contributed by atoms with Crippen LogP contribution in [0.4, 0.5) is 4.39 Å². The molecule has 0 spiro atoms. The summed E-state index contributed by atoms with van der Waals surface area (Å²) in [4.78, 5) is 12.0. The minimum absolute atomic E-state index is 0.0468. The van der Waals surface area contributed by atoms with Crippen LogP contribution in [0.2, 0.25) is 0 Å². The van der Waals surface area contributed by atoms with E-state index in [1.54, 1.807) is 0 Å². The molecule has 2 rings (SSSR count). The largest absolute Gasteiger partial charge is 0.507 e. The summed E-state index contributed by atoms with van der Waals surface area (Å²) in [5, 5.41) is 23.9. The van der Waals surface area contributed by atoms with Crippen LogP contribution < -0.4 is 11.1 Å². The van der Waals surface area contributed by atoms with Gasteiger partial charge in [-0.25, -0.2) is 4.39 Å². The molecule has 20 heavy (non-hydrogen) atoms. The molecule has 0 radical (unpaired) electrons. The number of rotatable bonds is 3. The Bertz CT molecular complexity index is 527. The SMILES string of the molecule is N/C(=N/O)C1CCCC1NC(=O)c1c(O)cccc1F. The molecule has 1 aliphatic rings. The Morgan fingerprint density at radius 2 is 2.20 bits per heavy atom. The van der Waals surface area contributed by atoms with Gasteiger partial charge in [0.25, 0.3) is 5.91 Å². The number of hydrogen-bond donors (Lipinski definition) is 4. The van der Waals surface area contributed by atoms with Crippen LogP contribution in [-0.4, -0.2) is 28.1 Å². The zero-order valence-electron chi connectivity index (χ0n) is 10.7. The van der Waals surface area contributed by atoms with Crippen molar-refractivity contribution < 1.29 is 19.5 Å². The van der Waals surface area contributed by atoms with E-state index in [2.05, 4.69) is 10.5 Å². The standard InChI is InChI=1S/C13H16FN3O3/c14-8-4-2-6-10(18)11(8)13(19)16-9-5-1-3-7(9)12(15)17-20/h2,4,6-7,9,18,20H,1,3,5H2,(H2,15,17)(H,16,19). The number of hydrogen-bond acceptors (Lipinski definition) is 4. The Morgan fingerprint density at radius 1 is 1.45 bits per heavy atom. The molecule has 1 aromatic rings. The highest BCUT2D eigenvalue weighted by Crippen LogP contribution is 2.27. The van der Waals surface area contributed by atoms with Gasteiger partial charge < -0.3 is 21.4 Å². The highest BCUT2D eigenvalue weighted by Gasteiger charge is 2.32. The molecule has 0 aliphatic heterocycles. The van der Waals surface area contributed by atoms with Gasteiger partial charge in [0, 0.05) is 12.0 Å². The van der Waals surface area contributed by atoms with E-state index in [0.29, 0.717) is 12.8 Å². The van der Waals surface area contributed by atoms with Gasteiger partial charge in [-0.3, -0.25) is 4.79 Å². The van der Waals surface area contributed by atoms with E-state index in [0.717, 1.165) is 12.5 Å². The fourth-order valence-electron chi connectivity index (χ4n) is 2.54. The average molecular weight is 281 g/mol. The summed E-state index contributed by atoms with van der Waals surface area (Å²) >= 11 is 0. The molecule has 6 nitrogen and oxygen atoms in total. The number of nitrogens with two attached hydrogens (primary N) is 1. The molecule has 1 saturated carbocycles. The van der Waals surface area contributed by atoms with Gasteiger partial charge in [0.05, 0.1) is 0 Å². The fourth-order valence-corrected chi connectivity index (χ4v) is 2.54. The van der Waals surface area contributed by atoms with Crippen molar-refractivity contribution in [3.63, 3.8) is 0 Å². The Balaban J connectivity index is 2.16. The monoisotopic (exact) mass is 281 g/mol. The first kappa shape index (κ1) is 14.1. The number of nitrogens with one attached hydrogen (secondary N) is 1. The number of aromatic hydroxyl groups is 1. The van der Waals surface area contributed by atoms with E-state index in [-0.39, 0.29) is 17.8 Å². The number of oxime groups is 1. The number of phenols is 1. The van der Waals surface area contributed by atoms with Crippen molar-refractivity contribution in [1.29, 1.82) is 0 Å². The molecule has 0 heterocycles.